The summed E-state index contributed by atoms with van der Waals surface area (Å²) in [6, 6.07) is 3.81. The molecule has 0 aliphatic carbocycles. The van der Waals surface area contributed by atoms with E-state index in [1.165, 1.54) is 5.01 Å². The molecule has 0 spiro atoms. The normalized spacial score (nSPS) is 23.0. The summed E-state index contributed by atoms with van der Waals surface area (Å²) in [5.74, 6) is 1.30. The first-order chi connectivity index (χ1) is 5.90. The van der Waals surface area contributed by atoms with E-state index in [-0.39, 0.29) is 0 Å². The van der Waals surface area contributed by atoms with Crippen molar-refractivity contribution < 1.29 is 4.42 Å². The van der Waals surface area contributed by atoms with Gasteiger partial charge in [0, 0.05) is 19.0 Å². The highest BCUT2D eigenvalue weighted by Gasteiger charge is 2.25. The van der Waals surface area contributed by atoms with Gasteiger partial charge in [-0.05, 0) is 18.6 Å². The van der Waals surface area contributed by atoms with E-state index in [0.29, 0.717) is 12.5 Å². The first-order valence-electron chi connectivity index (χ1n) is 4.02. The fraction of sp³-hybridized carbons (Fsp3) is 0.500. The zero-order chi connectivity index (χ0) is 8.39. The van der Waals surface area contributed by atoms with Crippen molar-refractivity contribution in [3.63, 3.8) is 0 Å². The highest BCUT2D eigenvalue weighted by atomic mass is 16.3. The Hall–Kier alpha value is -1.32. The van der Waals surface area contributed by atoms with Crippen molar-refractivity contribution in [3.05, 3.63) is 29.1 Å². The van der Waals surface area contributed by atoms with Crippen molar-refractivity contribution >= 4 is 0 Å². The molecule has 1 aliphatic heterocycles. The lowest BCUT2D eigenvalue weighted by Gasteiger charge is -2.05. The van der Waals surface area contributed by atoms with Crippen molar-refractivity contribution in [1.82, 2.24) is 5.01 Å². The van der Waals surface area contributed by atoms with Crippen LogP contribution in [0, 0.1) is 4.91 Å². The van der Waals surface area contributed by atoms with E-state index in [4.69, 9.17) is 4.42 Å². The molecular weight excluding hydrogens is 156 g/mol. The van der Waals surface area contributed by atoms with Gasteiger partial charge in [-0.1, -0.05) is 0 Å². The molecule has 0 saturated carbocycles. The largest absolute Gasteiger partial charge is 0.469 e. The predicted octanol–water partition coefficient (Wildman–Crippen LogP) is 1.75. The first-order valence-corrected chi connectivity index (χ1v) is 4.02. The van der Waals surface area contributed by atoms with Crippen molar-refractivity contribution in [2.75, 3.05) is 13.1 Å². The van der Waals surface area contributed by atoms with Gasteiger partial charge in [0.25, 0.3) is 0 Å². The second kappa shape index (κ2) is 2.97. The maximum Gasteiger partial charge on any atom is 0.108 e. The van der Waals surface area contributed by atoms with Crippen molar-refractivity contribution in [1.29, 1.82) is 0 Å². The summed E-state index contributed by atoms with van der Waals surface area (Å²) in [5.41, 5.74) is 0. The van der Waals surface area contributed by atoms with Gasteiger partial charge in [-0.2, -0.15) is 0 Å². The third-order valence-corrected chi connectivity index (χ3v) is 2.23. The Balaban J connectivity index is 2.04. The van der Waals surface area contributed by atoms with Crippen LogP contribution in [0.15, 0.2) is 28.1 Å². The van der Waals surface area contributed by atoms with E-state index in [1.54, 1.807) is 6.26 Å². The smallest absolute Gasteiger partial charge is 0.108 e. The number of furan rings is 1. The van der Waals surface area contributed by atoms with E-state index < -0.39 is 0 Å². The van der Waals surface area contributed by atoms with Gasteiger partial charge in [-0.25, -0.2) is 0 Å². The van der Waals surface area contributed by atoms with Crippen LogP contribution in [0.4, 0.5) is 0 Å². The fourth-order valence-electron chi connectivity index (χ4n) is 1.57. The summed E-state index contributed by atoms with van der Waals surface area (Å²) in [5, 5.41) is 4.42. The Morgan fingerprint density at radius 2 is 2.58 bits per heavy atom. The van der Waals surface area contributed by atoms with Crippen LogP contribution in [-0.4, -0.2) is 18.1 Å². The minimum atomic E-state index is 0.345. The third kappa shape index (κ3) is 1.20. The zero-order valence-corrected chi connectivity index (χ0v) is 6.64. The molecule has 0 amide bonds. The van der Waals surface area contributed by atoms with Crippen LogP contribution in [0.2, 0.25) is 0 Å². The van der Waals surface area contributed by atoms with Gasteiger partial charge in [-0.3, -0.25) is 5.01 Å². The van der Waals surface area contributed by atoms with E-state index >= 15 is 0 Å². The van der Waals surface area contributed by atoms with Gasteiger partial charge in [-0.15, -0.1) is 4.91 Å². The molecule has 12 heavy (non-hydrogen) atoms. The van der Waals surface area contributed by atoms with Crippen LogP contribution in [0.25, 0.3) is 0 Å². The Morgan fingerprint density at radius 3 is 3.17 bits per heavy atom. The summed E-state index contributed by atoms with van der Waals surface area (Å²) >= 11 is 0. The fourth-order valence-corrected chi connectivity index (χ4v) is 1.57. The maximum absolute atomic E-state index is 10.2. The SMILES string of the molecule is O=NN1CCC(c2ccco2)C1. The lowest BCUT2D eigenvalue weighted by atomic mass is 10.1. The Bertz CT molecular complexity index is 258. The molecule has 1 aromatic rings. The van der Waals surface area contributed by atoms with Crippen molar-refractivity contribution in [2.24, 2.45) is 5.29 Å². The molecule has 0 aromatic carbocycles. The van der Waals surface area contributed by atoms with Gasteiger partial charge in [0.2, 0.25) is 0 Å². The number of nitroso groups, excluding NO2 is 1. The van der Waals surface area contributed by atoms with E-state index in [2.05, 4.69) is 5.29 Å². The molecule has 1 aromatic heterocycles. The molecule has 1 fully saturated rings. The minimum Gasteiger partial charge on any atom is -0.469 e. The Morgan fingerprint density at radius 1 is 1.67 bits per heavy atom. The molecule has 0 radical (unpaired) electrons. The molecule has 1 unspecified atom stereocenters. The summed E-state index contributed by atoms with van der Waals surface area (Å²) in [6.07, 6.45) is 2.62. The summed E-state index contributed by atoms with van der Waals surface area (Å²) in [6.45, 7) is 1.44. The van der Waals surface area contributed by atoms with E-state index in [0.717, 1.165) is 18.7 Å². The number of rotatable bonds is 2. The monoisotopic (exact) mass is 166 g/mol. The quantitative estimate of drug-likeness (QED) is 0.629. The van der Waals surface area contributed by atoms with Gasteiger partial charge in [0.1, 0.15) is 5.76 Å². The lowest BCUT2D eigenvalue weighted by Crippen LogP contribution is -2.11. The molecule has 4 heteroatoms. The number of hydrogen-bond acceptors (Lipinski definition) is 3. The minimum absolute atomic E-state index is 0.345. The molecule has 1 saturated heterocycles. The molecular formula is C8H10N2O2. The average Bonchev–Trinajstić information content (AvgIpc) is 2.75. The molecule has 0 bridgehead atoms. The molecule has 2 heterocycles. The van der Waals surface area contributed by atoms with Gasteiger partial charge >= 0.3 is 0 Å². The predicted molar refractivity (Wildman–Crippen MR) is 43.4 cm³/mol. The summed E-state index contributed by atoms with van der Waals surface area (Å²) in [4.78, 5) is 10.2. The zero-order valence-electron chi connectivity index (χ0n) is 6.64. The first kappa shape index (κ1) is 7.34. The van der Waals surface area contributed by atoms with Crippen LogP contribution in [0.3, 0.4) is 0 Å². The molecule has 0 N–H and O–H groups in total. The Kier molecular flexibility index (Phi) is 1.81. The van der Waals surface area contributed by atoms with Crippen molar-refractivity contribution in [2.45, 2.75) is 12.3 Å². The highest BCUT2D eigenvalue weighted by molar-refractivity contribution is 5.07. The topological polar surface area (TPSA) is 45.8 Å². The van der Waals surface area contributed by atoms with Crippen LogP contribution in [0.1, 0.15) is 18.1 Å². The number of hydrogen-bond donors (Lipinski definition) is 0. The highest BCUT2D eigenvalue weighted by Crippen LogP contribution is 2.27. The average molecular weight is 166 g/mol. The second-order valence-electron chi connectivity index (χ2n) is 3.00. The van der Waals surface area contributed by atoms with E-state index in [9.17, 15) is 4.91 Å². The standard InChI is InChI=1S/C8H10N2O2/c11-9-10-4-3-7(6-10)8-2-1-5-12-8/h1-2,5,7H,3-4,6H2. The van der Waals surface area contributed by atoms with Crippen LogP contribution < -0.4 is 0 Å². The lowest BCUT2D eigenvalue weighted by molar-refractivity contribution is 0.343. The van der Waals surface area contributed by atoms with Gasteiger partial charge < -0.3 is 4.42 Å². The van der Waals surface area contributed by atoms with Crippen LogP contribution in [0.5, 0.6) is 0 Å². The van der Waals surface area contributed by atoms with Crippen LogP contribution in [-0.2, 0) is 0 Å². The number of nitrogens with zero attached hydrogens (tertiary/aromatic N) is 2. The van der Waals surface area contributed by atoms with Gasteiger partial charge in [0.15, 0.2) is 0 Å². The molecule has 1 aliphatic rings. The van der Waals surface area contributed by atoms with E-state index in [1.807, 2.05) is 12.1 Å². The molecule has 4 nitrogen and oxygen atoms in total. The van der Waals surface area contributed by atoms with Crippen molar-refractivity contribution in [3.8, 4) is 0 Å². The van der Waals surface area contributed by atoms with Gasteiger partial charge in [0.05, 0.1) is 11.5 Å². The third-order valence-electron chi connectivity index (χ3n) is 2.23. The molecule has 1 atom stereocenters. The molecule has 2 rings (SSSR count). The summed E-state index contributed by atoms with van der Waals surface area (Å²) in [7, 11) is 0. The summed E-state index contributed by atoms with van der Waals surface area (Å²) < 4.78 is 5.24. The second-order valence-corrected chi connectivity index (χ2v) is 3.00. The van der Waals surface area contributed by atoms with Crippen LogP contribution >= 0.6 is 0 Å². The molecule has 64 valence electrons. The maximum atomic E-state index is 10.2. The Labute approximate surface area is 70.1 Å².